The van der Waals surface area contributed by atoms with Gasteiger partial charge >= 0.3 is 0 Å². The van der Waals surface area contributed by atoms with Crippen molar-refractivity contribution in [3.05, 3.63) is 47.4 Å². The van der Waals surface area contributed by atoms with Crippen molar-refractivity contribution in [2.24, 2.45) is 12.2 Å². The normalized spacial score (nSPS) is 11.3. The number of aromatic nitrogens is 1. The van der Waals surface area contributed by atoms with Crippen LogP contribution in [0.25, 0.3) is 11.3 Å². The maximum Gasteiger partial charge on any atom is 0.213 e. The van der Waals surface area contributed by atoms with Gasteiger partial charge in [-0.1, -0.05) is 6.07 Å². The fraction of sp³-hybridized carbons (Fsp3) is 0.154. The van der Waals surface area contributed by atoms with Gasteiger partial charge in [0, 0.05) is 12.6 Å². The first-order valence-electron chi connectivity index (χ1n) is 5.67. The maximum absolute atomic E-state index is 14.1. The van der Waals surface area contributed by atoms with Gasteiger partial charge in [-0.3, -0.25) is 0 Å². The number of halogens is 1. The Kier molecular flexibility index (Phi) is 3.61. The highest BCUT2D eigenvalue weighted by molar-refractivity contribution is 7.88. The molecule has 20 heavy (non-hydrogen) atoms. The van der Waals surface area contributed by atoms with Crippen LogP contribution >= 0.6 is 0 Å². The van der Waals surface area contributed by atoms with Crippen LogP contribution in [0, 0.1) is 17.1 Å². The Morgan fingerprint density at radius 1 is 1.35 bits per heavy atom. The van der Waals surface area contributed by atoms with Gasteiger partial charge in [-0.15, -0.1) is 0 Å². The van der Waals surface area contributed by atoms with Gasteiger partial charge in [0.1, 0.15) is 17.6 Å². The molecule has 2 aromatic rings. The molecule has 0 spiro atoms. The van der Waals surface area contributed by atoms with Crippen molar-refractivity contribution in [2.45, 2.75) is 5.75 Å². The minimum Gasteiger partial charge on any atom is -0.335 e. The first kappa shape index (κ1) is 14.2. The van der Waals surface area contributed by atoms with Crippen molar-refractivity contribution in [1.82, 2.24) is 4.57 Å². The van der Waals surface area contributed by atoms with Gasteiger partial charge in [0.25, 0.3) is 0 Å². The summed E-state index contributed by atoms with van der Waals surface area (Å²) in [6.45, 7) is 0. The van der Waals surface area contributed by atoms with E-state index >= 15 is 0 Å². The molecule has 0 unspecified atom stereocenters. The second-order valence-electron chi connectivity index (χ2n) is 4.40. The zero-order valence-electron chi connectivity index (χ0n) is 10.7. The van der Waals surface area contributed by atoms with Crippen LogP contribution in [-0.2, 0) is 22.8 Å². The first-order valence-corrected chi connectivity index (χ1v) is 7.38. The Labute approximate surface area is 116 Å². The molecule has 2 N–H and O–H groups in total. The van der Waals surface area contributed by atoms with Crippen LogP contribution in [0.2, 0.25) is 0 Å². The zero-order valence-corrected chi connectivity index (χ0v) is 11.5. The van der Waals surface area contributed by atoms with Crippen LogP contribution in [0.15, 0.2) is 30.3 Å². The zero-order chi connectivity index (χ0) is 14.9. The molecule has 0 aliphatic heterocycles. The molecular weight excluding hydrogens is 281 g/mol. The summed E-state index contributed by atoms with van der Waals surface area (Å²) in [7, 11) is -2.04. The lowest BCUT2D eigenvalue weighted by atomic mass is 10.1. The summed E-state index contributed by atoms with van der Waals surface area (Å²) in [6, 6.07) is 9.34. The number of nitrogens with zero attached hydrogens (tertiary/aromatic N) is 2. The average molecular weight is 293 g/mol. The Bertz CT molecular complexity index is 804. The van der Waals surface area contributed by atoms with Crippen molar-refractivity contribution in [1.29, 1.82) is 5.26 Å². The topological polar surface area (TPSA) is 88.9 Å². The van der Waals surface area contributed by atoms with E-state index in [1.807, 2.05) is 6.07 Å². The number of sulfonamides is 1. The molecule has 0 aliphatic rings. The van der Waals surface area contributed by atoms with Gasteiger partial charge in [0.15, 0.2) is 0 Å². The molecule has 0 saturated carbocycles. The second kappa shape index (κ2) is 5.07. The van der Waals surface area contributed by atoms with E-state index < -0.39 is 21.6 Å². The lowest BCUT2D eigenvalue weighted by Crippen LogP contribution is -2.14. The molecule has 1 heterocycles. The lowest BCUT2D eigenvalue weighted by molar-refractivity contribution is 0.596. The van der Waals surface area contributed by atoms with E-state index in [1.165, 1.54) is 12.1 Å². The van der Waals surface area contributed by atoms with Gasteiger partial charge in [-0.05, 0) is 29.8 Å². The van der Waals surface area contributed by atoms with E-state index in [0.717, 1.165) is 6.07 Å². The Morgan fingerprint density at radius 2 is 2.05 bits per heavy atom. The van der Waals surface area contributed by atoms with Crippen LogP contribution in [-0.4, -0.2) is 13.0 Å². The molecule has 0 bridgehead atoms. The Hall–Kier alpha value is -2.17. The second-order valence-corrected chi connectivity index (χ2v) is 6.01. The van der Waals surface area contributed by atoms with Crippen LogP contribution < -0.4 is 5.14 Å². The molecule has 1 aromatic heterocycles. The molecule has 0 fully saturated rings. The van der Waals surface area contributed by atoms with Crippen molar-refractivity contribution in [2.75, 3.05) is 0 Å². The maximum atomic E-state index is 14.1. The molecule has 0 saturated heterocycles. The van der Waals surface area contributed by atoms with E-state index in [1.54, 1.807) is 23.7 Å². The third kappa shape index (κ3) is 2.87. The molecular formula is C13H12FN3O2S. The first-order chi connectivity index (χ1) is 9.31. The van der Waals surface area contributed by atoms with E-state index in [4.69, 9.17) is 10.4 Å². The standard InChI is InChI=1S/C13H12FN3O2S/c1-17-10(7-15)3-5-13(17)11-4-2-9(6-12(11)14)8-20(16,18)19/h2-6H,8H2,1H3,(H2,16,18,19). The highest BCUT2D eigenvalue weighted by atomic mass is 32.2. The molecule has 2 rings (SSSR count). The molecule has 7 heteroatoms. The minimum absolute atomic E-state index is 0.281. The smallest absolute Gasteiger partial charge is 0.213 e. The number of hydrogen-bond acceptors (Lipinski definition) is 3. The van der Waals surface area contributed by atoms with Gasteiger partial charge in [0.05, 0.1) is 11.4 Å². The Morgan fingerprint density at radius 3 is 2.55 bits per heavy atom. The van der Waals surface area contributed by atoms with Crippen molar-refractivity contribution >= 4 is 10.0 Å². The summed E-state index contributed by atoms with van der Waals surface area (Å²) in [5, 5.41) is 13.8. The monoisotopic (exact) mass is 293 g/mol. The highest BCUT2D eigenvalue weighted by Gasteiger charge is 2.13. The number of rotatable bonds is 3. The minimum atomic E-state index is -3.69. The molecule has 0 atom stereocenters. The molecule has 0 radical (unpaired) electrons. The molecule has 1 aromatic carbocycles. The Balaban J connectivity index is 2.45. The number of primary sulfonamides is 1. The highest BCUT2D eigenvalue weighted by Crippen LogP contribution is 2.25. The van der Waals surface area contributed by atoms with Crippen LogP contribution in [0.1, 0.15) is 11.3 Å². The molecule has 5 nitrogen and oxygen atoms in total. The van der Waals surface area contributed by atoms with E-state index in [9.17, 15) is 12.8 Å². The van der Waals surface area contributed by atoms with E-state index in [2.05, 4.69) is 0 Å². The van der Waals surface area contributed by atoms with E-state index in [-0.39, 0.29) is 5.56 Å². The lowest BCUT2D eigenvalue weighted by Gasteiger charge is -2.07. The van der Waals surface area contributed by atoms with Gasteiger partial charge in [-0.2, -0.15) is 5.26 Å². The third-order valence-corrected chi connectivity index (χ3v) is 3.65. The molecule has 104 valence electrons. The van der Waals surface area contributed by atoms with E-state index in [0.29, 0.717) is 17.0 Å². The molecule has 0 aliphatic carbocycles. The summed E-state index contributed by atoms with van der Waals surface area (Å²) in [5.74, 6) is -0.974. The number of hydrogen-bond donors (Lipinski definition) is 1. The van der Waals surface area contributed by atoms with Crippen LogP contribution in [0.5, 0.6) is 0 Å². The van der Waals surface area contributed by atoms with Crippen molar-refractivity contribution in [3.63, 3.8) is 0 Å². The van der Waals surface area contributed by atoms with Gasteiger partial charge < -0.3 is 4.57 Å². The fourth-order valence-corrected chi connectivity index (χ4v) is 2.63. The molecule has 0 amide bonds. The fourth-order valence-electron chi connectivity index (χ4n) is 1.98. The predicted octanol–water partition coefficient (Wildman–Crippen LogP) is 1.49. The summed E-state index contributed by atoms with van der Waals surface area (Å²) < 4.78 is 37.6. The summed E-state index contributed by atoms with van der Waals surface area (Å²) in [6.07, 6.45) is 0. The van der Waals surface area contributed by atoms with Crippen molar-refractivity contribution in [3.8, 4) is 17.3 Å². The average Bonchev–Trinajstić information content (AvgIpc) is 2.69. The number of nitrogens with two attached hydrogens (primary N) is 1. The van der Waals surface area contributed by atoms with Gasteiger partial charge in [-0.25, -0.2) is 17.9 Å². The SMILES string of the molecule is Cn1c(C#N)ccc1-c1ccc(CS(N)(=O)=O)cc1F. The number of benzene rings is 1. The number of nitriles is 1. The van der Waals surface area contributed by atoms with Crippen LogP contribution in [0.4, 0.5) is 4.39 Å². The van der Waals surface area contributed by atoms with Gasteiger partial charge in [0.2, 0.25) is 10.0 Å². The summed E-state index contributed by atoms with van der Waals surface area (Å²) in [5.41, 5.74) is 1.53. The summed E-state index contributed by atoms with van der Waals surface area (Å²) >= 11 is 0. The van der Waals surface area contributed by atoms with Crippen molar-refractivity contribution < 1.29 is 12.8 Å². The van der Waals surface area contributed by atoms with Crippen LogP contribution in [0.3, 0.4) is 0 Å². The largest absolute Gasteiger partial charge is 0.335 e. The predicted molar refractivity (Wildman–Crippen MR) is 72.3 cm³/mol. The summed E-state index contributed by atoms with van der Waals surface area (Å²) in [4.78, 5) is 0. The quantitative estimate of drug-likeness (QED) is 0.929. The third-order valence-electron chi connectivity index (χ3n) is 2.91.